The lowest BCUT2D eigenvalue weighted by Gasteiger charge is -2.16. The number of ether oxygens (including phenoxy) is 2. The lowest BCUT2D eigenvalue weighted by molar-refractivity contribution is -0.120. The highest BCUT2D eigenvalue weighted by Crippen LogP contribution is 2.32. The lowest BCUT2D eigenvalue weighted by Crippen LogP contribution is -2.32. The number of carbonyl (C=O) groups excluding carboxylic acids is 1. The molecule has 1 amide bonds. The molecule has 0 spiro atoms. The summed E-state index contributed by atoms with van der Waals surface area (Å²) in [4.78, 5) is 12.0. The second-order valence-electron chi connectivity index (χ2n) is 5.24. The summed E-state index contributed by atoms with van der Waals surface area (Å²) in [5.74, 6) is -0.0701. The maximum absolute atomic E-state index is 14.0. The van der Waals surface area contributed by atoms with E-state index in [9.17, 15) is 9.18 Å². The quantitative estimate of drug-likeness (QED) is 0.818. The number of amides is 1. The molecule has 2 rings (SSSR count). The van der Waals surface area contributed by atoms with E-state index < -0.39 is 5.82 Å². The number of carbonyl (C=O) groups is 1. The van der Waals surface area contributed by atoms with E-state index >= 15 is 0 Å². The van der Waals surface area contributed by atoms with Crippen LogP contribution in [-0.2, 0) is 4.79 Å². The smallest absolute Gasteiger partial charge is 0.239 e. The normalized spacial score (nSPS) is 11.5. The molecule has 0 aliphatic carbocycles. The predicted octanol–water partition coefficient (Wildman–Crippen LogP) is 3.13. The molecule has 0 aliphatic rings. The number of nitrogens with one attached hydrogen (secondary N) is 2. The number of halogens is 1. The maximum Gasteiger partial charge on any atom is 0.239 e. The third-order valence-corrected chi connectivity index (χ3v) is 3.59. The summed E-state index contributed by atoms with van der Waals surface area (Å²) in [6.07, 6.45) is 0. The topological polar surface area (TPSA) is 59.6 Å². The van der Waals surface area contributed by atoms with Gasteiger partial charge in [-0.15, -0.1) is 0 Å². The van der Waals surface area contributed by atoms with Crippen LogP contribution in [0.3, 0.4) is 0 Å². The lowest BCUT2D eigenvalue weighted by atomic mass is 10.1. The van der Waals surface area contributed by atoms with Gasteiger partial charge in [0.1, 0.15) is 5.82 Å². The Bertz CT molecular complexity index is 692. The van der Waals surface area contributed by atoms with Crippen molar-refractivity contribution in [3.05, 3.63) is 53.8 Å². The van der Waals surface area contributed by atoms with E-state index in [-0.39, 0.29) is 24.2 Å². The van der Waals surface area contributed by atoms with Crippen LogP contribution in [0.25, 0.3) is 0 Å². The largest absolute Gasteiger partial charge is 0.493 e. The summed E-state index contributed by atoms with van der Waals surface area (Å²) in [7, 11) is 2.90. The van der Waals surface area contributed by atoms with Crippen LogP contribution in [0.2, 0.25) is 0 Å². The molecule has 0 unspecified atom stereocenters. The fourth-order valence-electron chi connectivity index (χ4n) is 2.28. The monoisotopic (exact) mass is 332 g/mol. The first-order valence-electron chi connectivity index (χ1n) is 7.55. The number of benzene rings is 2. The molecule has 128 valence electrons. The van der Waals surface area contributed by atoms with Crippen molar-refractivity contribution in [2.45, 2.75) is 13.0 Å². The first-order chi connectivity index (χ1) is 11.5. The average Bonchev–Trinajstić information content (AvgIpc) is 2.61. The van der Waals surface area contributed by atoms with Crippen LogP contribution in [0.4, 0.5) is 10.1 Å². The first kappa shape index (κ1) is 17.6. The van der Waals surface area contributed by atoms with Crippen molar-refractivity contribution >= 4 is 11.6 Å². The van der Waals surface area contributed by atoms with E-state index in [0.29, 0.717) is 11.5 Å². The summed E-state index contributed by atoms with van der Waals surface area (Å²) >= 11 is 0. The molecule has 6 heteroatoms. The van der Waals surface area contributed by atoms with E-state index in [1.165, 1.54) is 26.4 Å². The Balaban J connectivity index is 1.96. The summed E-state index contributed by atoms with van der Waals surface area (Å²) in [5.41, 5.74) is 1.18. The highest BCUT2D eigenvalue weighted by Gasteiger charge is 2.13. The van der Waals surface area contributed by atoms with Gasteiger partial charge in [-0.3, -0.25) is 4.79 Å². The van der Waals surface area contributed by atoms with Crippen molar-refractivity contribution in [1.29, 1.82) is 0 Å². The van der Waals surface area contributed by atoms with E-state index in [1.54, 1.807) is 0 Å². The van der Waals surface area contributed by atoms with Crippen LogP contribution >= 0.6 is 0 Å². The second-order valence-corrected chi connectivity index (χ2v) is 5.24. The molecule has 0 aromatic heterocycles. The standard InChI is InChI=1S/C18H21FN2O3/c1-12(13-7-5-4-6-8-13)21-18(22)11-20-15-10-17(24-3)16(23-2)9-14(15)19/h4-10,12,20H,11H2,1-3H3,(H,21,22)/t12-/m1/s1. The summed E-state index contributed by atoms with van der Waals surface area (Å²) in [6.45, 7) is 1.84. The van der Waals surface area contributed by atoms with E-state index in [0.717, 1.165) is 5.56 Å². The predicted molar refractivity (Wildman–Crippen MR) is 91.0 cm³/mol. The van der Waals surface area contributed by atoms with Crippen LogP contribution in [0.1, 0.15) is 18.5 Å². The van der Waals surface area contributed by atoms with Gasteiger partial charge in [0, 0.05) is 12.1 Å². The van der Waals surface area contributed by atoms with Crippen molar-refractivity contribution in [2.75, 3.05) is 26.1 Å². The number of rotatable bonds is 7. The Kier molecular flexibility index (Phi) is 6.01. The Morgan fingerprint density at radius 1 is 1.12 bits per heavy atom. The maximum atomic E-state index is 14.0. The Morgan fingerprint density at radius 2 is 1.75 bits per heavy atom. The second kappa shape index (κ2) is 8.19. The zero-order valence-corrected chi connectivity index (χ0v) is 13.9. The van der Waals surface area contributed by atoms with Gasteiger partial charge in [0.25, 0.3) is 0 Å². The molecular weight excluding hydrogens is 311 g/mol. The van der Waals surface area contributed by atoms with Gasteiger partial charge in [-0.1, -0.05) is 30.3 Å². The molecule has 2 aromatic carbocycles. The first-order valence-corrected chi connectivity index (χ1v) is 7.55. The summed E-state index contributed by atoms with van der Waals surface area (Å²) in [5, 5.41) is 5.63. The molecule has 0 bridgehead atoms. The highest BCUT2D eigenvalue weighted by molar-refractivity contribution is 5.81. The van der Waals surface area contributed by atoms with E-state index in [2.05, 4.69) is 10.6 Å². The van der Waals surface area contributed by atoms with Crippen molar-refractivity contribution < 1.29 is 18.7 Å². The summed E-state index contributed by atoms with van der Waals surface area (Å²) in [6, 6.07) is 12.2. The van der Waals surface area contributed by atoms with Gasteiger partial charge in [-0.05, 0) is 12.5 Å². The molecule has 2 N–H and O–H groups in total. The molecule has 0 heterocycles. The molecular formula is C18H21FN2O3. The SMILES string of the molecule is COc1cc(F)c(NCC(=O)N[C@H](C)c2ccccc2)cc1OC. The number of methoxy groups -OCH3 is 2. The van der Waals surface area contributed by atoms with Gasteiger partial charge < -0.3 is 20.1 Å². The summed E-state index contributed by atoms with van der Waals surface area (Å²) < 4.78 is 24.2. The molecule has 0 fully saturated rings. The molecule has 0 saturated heterocycles. The number of anilines is 1. The molecule has 0 aliphatic heterocycles. The minimum absolute atomic E-state index is 0.0520. The third kappa shape index (κ3) is 4.38. The van der Waals surface area contributed by atoms with Crippen LogP contribution < -0.4 is 20.1 Å². The molecule has 1 atom stereocenters. The van der Waals surface area contributed by atoms with Crippen LogP contribution in [0.5, 0.6) is 11.5 Å². The average molecular weight is 332 g/mol. The fourth-order valence-corrected chi connectivity index (χ4v) is 2.28. The Morgan fingerprint density at radius 3 is 2.38 bits per heavy atom. The highest BCUT2D eigenvalue weighted by atomic mass is 19.1. The van der Waals surface area contributed by atoms with Crippen LogP contribution in [0, 0.1) is 5.82 Å². The zero-order chi connectivity index (χ0) is 17.5. The van der Waals surface area contributed by atoms with Gasteiger partial charge >= 0.3 is 0 Å². The third-order valence-electron chi connectivity index (χ3n) is 3.59. The molecule has 0 saturated carbocycles. The van der Waals surface area contributed by atoms with E-state index in [1.807, 2.05) is 37.3 Å². The van der Waals surface area contributed by atoms with Crippen molar-refractivity contribution in [2.24, 2.45) is 0 Å². The molecule has 5 nitrogen and oxygen atoms in total. The van der Waals surface area contributed by atoms with Gasteiger partial charge in [-0.2, -0.15) is 0 Å². The van der Waals surface area contributed by atoms with Gasteiger partial charge in [0.05, 0.1) is 32.5 Å². The molecule has 24 heavy (non-hydrogen) atoms. The molecule has 0 radical (unpaired) electrons. The fraction of sp³-hybridized carbons (Fsp3) is 0.278. The minimum atomic E-state index is -0.517. The van der Waals surface area contributed by atoms with Crippen molar-refractivity contribution in [3.63, 3.8) is 0 Å². The van der Waals surface area contributed by atoms with Crippen molar-refractivity contribution in [3.8, 4) is 11.5 Å². The van der Waals surface area contributed by atoms with Crippen LogP contribution in [0.15, 0.2) is 42.5 Å². The van der Waals surface area contributed by atoms with Gasteiger partial charge in [-0.25, -0.2) is 4.39 Å². The molecule has 2 aromatic rings. The number of hydrogen-bond donors (Lipinski definition) is 2. The number of hydrogen-bond acceptors (Lipinski definition) is 4. The van der Waals surface area contributed by atoms with Crippen molar-refractivity contribution in [1.82, 2.24) is 5.32 Å². The van der Waals surface area contributed by atoms with Gasteiger partial charge in [0.15, 0.2) is 11.5 Å². The van der Waals surface area contributed by atoms with E-state index in [4.69, 9.17) is 9.47 Å². The van der Waals surface area contributed by atoms with Crippen LogP contribution in [-0.4, -0.2) is 26.7 Å². The zero-order valence-electron chi connectivity index (χ0n) is 13.9. The minimum Gasteiger partial charge on any atom is -0.493 e. The Hall–Kier alpha value is -2.76. The Labute approximate surface area is 140 Å². The van der Waals surface area contributed by atoms with Gasteiger partial charge in [0.2, 0.25) is 5.91 Å².